The predicted octanol–water partition coefficient (Wildman–Crippen LogP) is -0.0692. The molecule has 0 aliphatic rings. The highest BCUT2D eigenvalue weighted by Crippen LogP contribution is 2.02. The van der Waals surface area contributed by atoms with E-state index in [0.29, 0.717) is 6.54 Å². The molecule has 0 aromatic heterocycles. The van der Waals surface area contributed by atoms with Crippen LogP contribution in [0.4, 0.5) is 0 Å². The summed E-state index contributed by atoms with van der Waals surface area (Å²) < 4.78 is 0. The van der Waals surface area contributed by atoms with Crippen molar-refractivity contribution < 1.29 is 9.90 Å². The number of hydrogen-bond donors (Lipinski definition) is 3. The molecule has 82 valence electrons. The molecular weight excluding hydrogens is 192 g/mol. The molecule has 4 N–H and O–H groups in total. The average molecular weight is 208 g/mol. The zero-order chi connectivity index (χ0) is 11.3. The van der Waals surface area contributed by atoms with Crippen LogP contribution in [-0.4, -0.2) is 23.7 Å². The van der Waals surface area contributed by atoms with Gasteiger partial charge in [-0.15, -0.1) is 0 Å². The molecule has 1 atom stereocenters. The normalized spacial score (nSPS) is 12.2. The Morgan fingerprint density at radius 2 is 2.07 bits per heavy atom. The van der Waals surface area contributed by atoms with Gasteiger partial charge < -0.3 is 16.2 Å². The third kappa shape index (κ3) is 3.69. The fourth-order valence-corrected chi connectivity index (χ4v) is 1.11. The lowest BCUT2D eigenvalue weighted by Crippen LogP contribution is -2.42. The van der Waals surface area contributed by atoms with Gasteiger partial charge >= 0.3 is 0 Å². The highest BCUT2D eigenvalue weighted by molar-refractivity contribution is 5.81. The summed E-state index contributed by atoms with van der Waals surface area (Å²) in [6.07, 6.45) is 0. The molecular formula is C11H16N2O2. The van der Waals surface area contributed by atoms with E-state index in [1.54, 1.807) is 0 Å². The molecule has 0 spiro atoms. The van der Waals surface area contributed by atoms with Crippen molar-refractivity contribution in [3.63, 3.8) is 0 Å². The van der Waals surface area contributed by atoms with Gasteiger partial charge in [-0.1, -0.05) is 29.8 Å². The third-order valence-corrected chi connectivity index (χ3v) is 2.12. The Morgan fingerprint density at radius 3 is 2.60 bits per heavy atom. The molecule has 0 aliphatic carbocycles. The summed E-state index contributed by atoms with van der Waals surface area (Å²) >= 11 is 0. The minimum absolute atomic E-state index is 0.334. The Labute approximate surface area is 89.1 Å². The maximum Gasteiger partial charge on any atom is 0.239 e. The van der Waals surface area contributed by atoms with Crippen LogP contribution >= 0.6 is 0 Å². The fraction of sp³-hybridized carbons (Fsp3) is 0.364. The van der Waals surface area contributed by atoms with Crippen molar-refractivity contribution in [2.45, 2.75) is 19.5 Å². The van der Waals surface area contributed by atoms with E-state index in [1.807, 2.05) is 31.2 Å². The van der Waals surface area contributed by atoms with E-state index < -0.39 is 6.04 Å². The molecule has 1 amide bonds. The highest BCUT2D eigenvalue weighted by Gasteiger charge is 2.10. The molecule has 0 aliphatic heterocycles. The first-order valence-electron chi connectivity index (χ1n) is 4.83. The number of aliphatic hydroxyl groups excluding tert-OH is 1. The summed E-state index contributed by atoms with van der Waals surface area (Å²) in [5, 5.41) is 11.3. The largest absolute Gasteiger partial charge is 0.394 e. The van der Waals surface area contributed by atoms with Gasteiger partial charge in [0.2, 0.25) is 5.91 Å². The molecule has 0 heterocycles. The van der Waals surface area contributed by atoms with E-state index in [4.69, 9.17) is 10.8 Å². The molecule has 1 aromatic rings. The van der Waals surface area contributed by atoms with Crippen molar-refractivity contribution in [1.29, 1.82) is 0 Å². The van der Waals surface area contributed by atoms with E-state index in [1.165, 1.54) is 5.56 Å². The zero-order valence-corrected chi connectivity index (χ0v) is 8.73. The second-order valence-corrected chi connectivity index (χ2v) is 3.49. The summed E-state index contributed by atoms with van der Waals surface area (Å²) in [4.78, 5) is 11.2. The van der Waals surface area contributed by atoms with Crippen LogP contribution in [0.1, 0.15) is 11.1 Å². The smallest absolute Gasteiger partial charge is 0.239 e. The molecule has 1 aromatic carbocycles. The summed E-state index contributed by atoms with van der Waals surface area (Å²) in [5.74, 6) is -0.335. The van der Waals surface area contributed by atoms with Gasteiger partial charge in [-0.2, -0.15) is 0 Å². The topological polar surface area (TPSA) is 75.4 Å². The number of carbonyl (C=O) groups is 1. The number of nitrogens with one attached hydrogen (secondary N) is 1. The van der Waals surface area contributed by atoms with Gasteiger partial charge in [0.25, 0.3) is 0 Å². The van der Waals surface area contributed by atoms with Crippen molar-refractivity contribution in [1.82, 2.24) is 5.32 Å². The van der Waals surface area contributed by atoms with E-state index in [9.17, 15) is 4.79 Å². The van der Waals surface area contributed by atoms with Crippen LogP contribution in [0.2, 0.25) is 0 Å². The first-order valence-corrected chi connectivity index (χ1v) is 4.83. The summed E-state index contributed by atoms with van der Waals surface area (Å²) in [6, 6.07) is 7.01. The van der Waals surface area contributed by atoms with Gasteiger partial charge in [0, 0.05) is 6.54 Å². The first kappa shape index (κ1) is 11.7. The van der Waals surface area contributed by atoms with E-state index in [0.717, 1.165) is 5.56 Å². The molecule has 0 radical (unpaired) electrons. The quantitative estimate of drug-likeness (QED) is 0.648. The van der Waals surface area contributed by atoms with Crippen molar-refractivity contribution in [2.24, 2.45) is 5.73 Å². The van der Waals surface area contributed by atoms with Crippen molar-refractivity contribution >= 4 is 5.91 Å². The first-order chi connectivity index (χ1) is 7.13. The molecule has 15 heavy (non-hydrogen) atoms. The second-order valence-electron chi connectivity index (χ2n) is 3.49. The molecule has 1 unspecified atom stereocenters. The molecule has 4 heteroatoms. The van der Waals surface area contributed by atoms with Gasteiger partial charge in [0.05, 0.1) is 6.61 Å². The van der Waals surface area contributed by atoms with Crippen LogP contribution in [0.5, 0.6) is 0 Å². The number of amides is 1. The average Bonchev–Trinajstić information content (AvgIpc) is 2.26. The van der Waals surface area contributed by atoms with Crippen molar-refractivity contribution in [3.05, 3.63) is 35.4 Å². The van der Waals surface area contributed by atoms with Gasteiger partial charge in [-0.25, -0.2) is 0 Å². The zero-order valence-electron chi connectivity index (χ0n) is 8.73. The van der Waals surface area contributed by atoms with Crippen LogP contribution in [0, 0.1) is 6.92 Å². The Bertz CT molecular complexity index is 322. The SMILES string of the molecule is Cc1ccc(CNC(=O)C(N)CO)cc1. The lowest BCUT2D eigenvalue weighted by Gasteiger charge is -2.09. The maximum absolute atomic E-state index is 11.2. The molecule has 1 rings (SSSR count). The fourth-order valence-electron chi connectivity index (χ4n) is 1.11. The van der Waals surface area contributed by atoms with Crippen molar-refractivity contribution in [3.8, 4) is 0 Å². The number of nitrogens with two attached hydrogens (primary N) is 1. The standard InChI is InChI=1S/C11H16N2O2/c1-8-2-4-9(5-3-8)6-13-11(15)10(12)7-14/h2-5,10,14H,6-7,12H2,1H3,(H,13,15). The minimum Gasteiger partial charge on any atom is -0.394 e. The minimum atomic E-state index is -0.838. The summed E-state index contributed by atoms with van der Waals surface area (Å²) in [7, 11) is 0. The maximum atomic E-state index is 11.2. The van der Waals surface area contributed by atoms with Crippen LogP contribution in [0.3, 0.4) is 0 Å². The number of aryl methyl sites for hydroxylation is 1. The highest BCUT2D eigenvalue weighted by atomic mass is 16.3. The van der Waals surface area contributed by atoms with E-state index in [2.05, 4.69) is 5.32 Å². The number of carbonyl (C=O) groups excluding carboxylic acids is 1. The van der Waals surface area contributed by atoms with E-state index in [-0.39, 0.29) is 12.5 Å². The van der Waals surface area contributed by atoms with Crippen LogP contribution < -0.4 is 11.1 Å². The van der Waals surface area contributed by atoms with Gasteiger partial charge in [0.15, 0.2) is 0 Å². The van der Waals surface area contributed by atoms with Crippen molar-refractivity contribution in [2.75, 3.05) is 6.61 Å². The predicted molar refractivity (Wildman–Crippen MR) is 58.1 cm³/mol. The number of rotatable bonds is 4. The Morgan fingerprint density at radius 1 is 1.47 bits per heavy atom. The van der Waals surface area contributed by atoms with Gasteiger partial charge in [-0.3, -0.25) is 4.79 Å². The van der Waals surface area contributed by atoms with Crippen LogP contribution in [0.25, 0.3) is 0 Å². The Balaban J connectivity index is 2.43. The number of benzene rings is 1. The lowest BCUT2D eigenvalue weighted by molar-refractivity contribution is -0.123. The molecule has 4 nitrogen and oxygen atoms in total. The number of hydrogen-bond acceptors (Lipinski definition) is 3. The van der Waals surface area contributed by atoms with E-state index >= 15 is 0 Å². The van der Waals surface area contributed by atoms with Crippen LogP contribution in [-0.2, 0) is 11.3 Å². The van der Waals surface area contributed by atoms with Gasteiger partial charge in [-0.05, 0) is 12.5 Å². The Kier molecular flexibility index (Phi) is 4.27. The van der Waals surface area contributed by atoms with Gasteiger partial charge in [0.1, 0.15) is 6.04 Å². The summed E-state index contributed by atoms with van der Waals surface area (Å²) in [5.41, 5.74) is 7.53. The lowest BCUT2D eigenvalue weighted by atomic mass is 10.1. The summed E-state index contributed by atoms with van der Waals surface area (Å²) in [6.45, 7) is 2.11. The molecule has 0 saturated carbocycles. The third-order valence-electron chi connectivity index (χ3n) is 2.12. The molecule has 0 fully saturated rings. The Hall–Kier alpha value is -1.39. The van der Waals surface area contributed by atoms with Crippen LogP contribution in [0.15, 0.2) is 24.3 Å². The monoisotopic (exact) mass is 208 g/mol. The molecule has 0 bridgehead atoms. The number of aliphatic hydroxyl groups is 1. The molecule has 0 saturated heterocycles. The second kappa shape index (κ2) is 5.48.